The Bertz CT molecular complexity index is 973. The van der Waals surface area contributed by atoms with Crippen LogP contribution in [0.4, 0.5) is 4.79 Å². The van der Waals surface area contributed by atoms with Gasteiger partial charge in [-0.05, 0) is 31.9 Å². The molecule has 182 valence electrons. The summed E-state index contributed by atoms with van der Waals surface area (Å²) < 4.78 is 10.4. The first-order valence-corrected chi connectivity index (χ1v) is 10.9. The molecular formula is C25H31N3O6. The zero-order chi connectivity index (χ0) is 25.1. The highest BCUT2D eigenvalue weighted by atomic mass is 16.6. The van der Waals surface area contributed by atoms with E-state index in [1.807, 2.05) is 24.3 Å². The zero-order valence-corrected chi connectivity index (χ0v) is 19.6. The molecule has 0 saturated carbocycles. The summed E-state index contributed by atoms with van der Waals surface area (Å²) in [6.45, 7) is 5.08. The maximum Gasteiger partial charge on any atom is 0.408 e. The lowest BCUT2D eigenvalue weighted by molar-refractivity contribution is -0.156. The van der Waals surface area contributed by atoms with E-state index in [1.54, 1.807) is 57.2 Å². The van der Waals surface area contributed by atoms with Gasteiger partial charge in [0.05, 0.1) is 6.42 Å². The Morgan fingerprint density at radius 3 is 1.94 bits per heavy atom. The van der Waals surface area contributed by atoms with E-state index >= 15 is 0 Å². The van der Waals surface area contributed by atoms with Crippen molar-refractivity contribution >= 4 is 23.9 Å². The highest BCUT2D eigenvalue weighted by Gasteiger charge is 2.29. The fraction of sp³-hybridized carbons (Fsp3) is 0.360. The number of amides is 3. The molecule has 0 spiro atoms. The SMILES string of the molecule is CC(C)(C)OC(=O)C[C@H](NC(=O)[C@H](Cc1ccccc1)NC(=O)OCc1ccccc1)C(N)=O. The molecule has 4 N–H and O–H groups in total. The van der Waals surface area contributed by atoms with Gasteiger partial charge in [-0.25, -0.2) is 4.79 Å². The third kappa shape index (κ3) is 9.72. The van der Waals surface area contributed by atoms with Crippen molar-refractivity contribution in [2.24, 2.45) is 5.73 Å². The molecule has 0 bridgehead atoms. The maximum atomic E-state index is 13.0. The molecule has 34 heavy (non-hydrogen) atoms. The van der Waals surface area contributed by atoms with Crippen LogP contribution in [0, 0.1) is 0 Å². The molecule has 0 aliphatic heterocycles. The van der Waals surface area contributed by atoms with Gasteiger partial charge in [-0.2, -0.15) is 0 Å². The Labute approximate surface area is 199 Å². The molecule has 9 nitrogen and oxygen atoms in total. The van der Waals surface area contributed by atoms with Crippen LogP contribution in [0.1, 0.15) is 38.3 Å². The summed E-state index contributed by atoms with van der Waals surface area (Å²) in [4.78, 5) is 49.4. The number of ether oxygens (including phenoxy) is 2. The van der Waals surface area contributed by atoms with Crippen molar-refractivity contribution in [1.82, 2.24) is 10.6 Å². The van der Waals surface area contributed by atoms with Gasteiger partial charge < -0.3 is 25.8 Å². The fourth-order valence-corrected chi connectivity index (χ4v) is 3.01. The van der Waals surface area contributed by atoms with E-state index in [0.29, 0.717) is 0 Å². The minimum Gasteiger partial charge on any atom is -0.460 e. The summed E-state index contributed by atoms with van der Waals surface area (Å²) >= 11 is 0. The Balaban J connectivity index is 2.08. The third-order valence-corrected chi connectivity index (χ3v) is 4.55. The number of alkyl carbamates (subject to hydrolysis) is 1. The van der Waals surface area contributed by atoms with Gasteiger partial charge in [0.2, 0.25) is 11.8 Å². The van der Waals surface area contributed by atoms with E-state index in [9.17, 15) is 19.2 Å². The van der Waals surface area contributed by atoms with Gasteiger partial charge in [0.1, 0.15) is 24.3 Å². The predicted molar refractivity (Wildman–Crippen MR) is 125 cm³/mol. The number of hydrogen-bond donors (Lipinski definition) is 3. The number of esters is 1. The highest BCUT2D eigenvalue weighted by molar-refractivity contribution is 5.93. The average molecular weight is 470 g/mol. The van der Waals surface area contributed by atoms with Crippen LogP contribution >= 0.6 is 0 Å². The summed E-state index contributed by atoms with van der Waals surface area (Å²) in [5.74, 6) is -2.27. The summed E-state index contributed by atoms with van der Waals surface area (Å²) in [6, 6.07) is 15.7. The van der Waals surface area contributed by atoms with Gasteiger partial charge in [0.15, 0.2) is 0 Å². The first-order valence-electron chi connectivity index (χ1n) is 10.9. The van der Waals surface area contributed by atoms with Gasteiger partial charge in [-0.1, -0.05) is 60.7 Å². The highest BCUT2D eigenvalue weighted by Crippen LogP contribution is 2.10. The second kappa shape index (κ2) is 12.4. The molecule has 0 unspecified atom stereocenters. The Hall–Kier alpha value is -3.88. The van der Waals surface area contributed by atoms with Crippen LogP contribution in [0.5, 0.6) is 0 Å². The van der Waals surface area contributed by atoms with E-state index in [-0.39, 0.29) is 13.0 Å². The van der Waals surface area contributed by atoms with Crippen LogP contribution in [0.25, 0.3) is 0 Å². The number of nitrogens with one attached hydrogen (secondary N) is 2. The van der Waals surface area contributed by atoms with Crippen molar-refractivity contribution in [1.29, 1.82) is 0 Å². The maximum absolute atomic E-state index is 13.0. The summed E-state index contributed by atoms with van der Waals surface area (Å²) in [6.07, 6.45) is -1.11. The molecule has 0 aromatic heterocycles. The van der Waals surface area contributed by atoms with Gasteiger partial charge in [-0.15, -0.1) is 0 Å². The molecule has 2 rings (SSSR count). The van der Waals surface area contributed by atoms with E-state index in [0.717, 1.165) is 11.1 Å². The quantitative estimate of drug-likeness (QED) is 0.457. The second-order valence-electron chi connectivity index (χ2n) is 8.70. The summed E-state index contributed by atoms with van der Waals surface area (Å²) in [7, 11) is 0. The van der Waals surface area contributed by atoms with Gasteiger partial charge >= 0.3 is 12.1 Å². The topological polar surface area (TPSA) is 137 Å². The average Bonchev–Trinajstić information content (AvgIpc) is 2.77. The number of rotatable bonds is 10. The predicted octanol–water partition coefficient (Wildman–Crippen LogP) is 2.23. The van der Waals surface area contributed by atoms with Crippen LogP contribution < -0.4 is 16.4 Å². The van der Waals surface area contributed by atoms with Crippen LogP contribution in [-0.2, 0) is 36.9 Å². The first kappa shape index (κ1) is 26.4. The van der Waals surface area contributed by atoms with Crippen LogP contribution in [0.15, 0.2) is 60.7 Å². The second-order valence-corrected chi connectivity index (χ2v) is 8.70. The van der Waals surface area contributed by atoms with Crippen LogP contribution in [0.2, 0.25) is 0 Å². The lowest BCUT2D eigenvalue weighted by atomic mass is 10.0. The molecule has 0 radical (unpaired) electrons. The molecule has 9 heteroatoms. The van der Waals surface area contributed by atoms with Crippen molar-refractivity contribution < 1.29 is 28.7 Å². The van der Waals surface area contributed by atoms with Gasteiger partial charge in [0.25, 0.3) is 0 Å². The fourth-order valence-electron chi connectivity index (χ4n) is 3.01. The lowest BCUT2D eigenvalue weighted by Crippen LogP contribution is -2.54. The van der Waals surface area contributed by atoms with E-state index in [1.165, 1.54) is 0 Å². The number of benzene rings is 2. The molecular weight excluding hydrogens is 438 g/mol. The number of primary amides is 1. The number of hydrogen-bond acceptors (Lipinski definition) is 6. The van der Waals surface area contributed by atoms with Crippen LogP contribution in [0.3, 0.4) is 0 Å². The molecule has 2 aromatic carbocycles. The van der Waals surface area contributed by atoms with Crippen LogP contribution in [-0.4, -0.2) is 41.6 Å². The van der Waals surface area contributed by atoms with E-state index in [4.69, 9.17) is 15.2 Å². The summed E-state index contributed by atoms with van der Waals surface area (Å²) in [5.41, 5.74) is 6.19. The lowest BCUT2D eigenvalue weighted by Gasteiger charge is -2.23. The molecule has 0 saturated heterocycles. The Morgan fingerprint density at radius 2 is 1.41 bits per heavy atom. The molecule has 0 fully saturated rings. The van der Waals surface area contributed by atoms with E-state index < -0.39 is 48.0 Å². The smallest absolute Gasteiger partial charge is 0.408 e. The van der Waals surface area contributed by atoms with Gasteiger partial charge in [0, 0.05) is 6.42 Å². The largest absolute Gasteiger partial charge is 0.460 e. The molecule has 0 heterocycles. The number of carbonyl (C=O) groups is 4. The Kier molecular flexibility index (Phi) is 9.61. The normalized spacial score (nSPS) is 12.7. The molecule has 0 aliphatic rings. The van der Waals surface area contributed by atoms with Gasteiger partial charge in [-0.3, -0.25) is 14.4 Å². The summed E-state index contributed by atoms with van der Waals surface area (Å²) in [5, 5.41) is 4.98. The third-order valence-electron chi connectivity index (χ3n) is 4.55. The zero-order valence-electron chi connectivity index (χ0n) is 19.6. The number of carbonyl (C=O) groups excluding carboxylic acids is 4. The van der Waals surface area contributed by atoms with Crippen molar-refractivity contribution in [2.75, 3.05) is 0 Å². The standard InChI is InChI=1S/C25H31N3O6/c1-25(2,3)34-21(29)15-19(22(26)30)27-23(31)20(14-17-10-6-4-7-11-17)28-24(32)33-16-18-12-8-5-9-13-18/h4-13,19-20H,14-16H2,1-3H3,(H2,26,30)(H,27,31)(H,28,32)/t19-,20-/m0/s1. The van der Waals surface area contributed by atoms with Crippen molar-refractivity contribution in [2.45, 2.75) is 57.9 Å². The molecule has 2 atom stereocenters. The minimum atomic E-state index is -1.30. The molecule has 2 aromatic rings. The van der Waals surface area contributed by atoms with Crippen molar-refractivity contribution in [3.63, 3.8) is 0 Å². The van der Waals surface area contributed by atoms with Crippen molar-refractivity contribution in [3.8, 4) is 0 Å². The van der Waals surface area contributed by atoms with E-state index in [2.05, 4.69) is 10.6 Å². The monoisotopic (exact) mass is 469 g/mol. The first-order chi connectivity index (χ1) is 16.0. The molecule has 3 amide bonds. The van der Waals surface area contributed by atoms with Crippen molar-refractivity contribution in [3.05, 3.63) is 71.8 Å². The Morgan fingerprint density at radius 1 is 0.853 bits per heavy atom. The minimum absolute atomic E-state index is 0.0227. The molecule has 0 aliphatic carbocycles. The number of nitrogens with two attached hydrogens (primary N) is 1.